The molecule has 3 amide bonds. The number of benzene rings is 1. The van der Waals surface area contributed by atoms with E-state index in [-0.39, 0.29) is 18.6 Å². The van der Waals surface area contributed by atoms with Crippen LogP contribution in [0.3, 0.4) is 0 Å². The summed E-state index contributed by atoms with van der Waals surface area (Å²) in [4.78, 5) is 66.4. The fourth-order valence-corrected chi connectivity index (χ4v) is 3.02. The second-order valence-electron chi connectivity index (χ2n) is 7.59. The van der Waals surface area contributed by atoms with Gasteiger partial charge in [-0.05, 0) is 17.7 Å². The molecule has 3 unspecified atom stereocenters. The molecule has 0 aliphatic carbocycles. The van der Waals surface area contributed by atoms with Crippen molar-refractivity contribution in [2.75, 3.05) is 6.54 Å². The second-order valence-corrected chi connectivity index (χ2v) is 7.59. The van der Waals surface area contributed by atoms with E-state index in [4.69, 9.17) is 15.9 Å². The number of carboxylic acid groups (broad SMARTS) is 2. The standard InChI is InChI=1S/C21H26N6O8/c22-14(7-17(29)30)19(33)26-15(5-11-1-3-13(28)4-2-11)21(35)27-16(6-12-8-23-10-25-12)20(34)24-9-18(31)32/h1-4,8,10,14-16,28H,5-7,9,22H2,(H,23,25)(H,24,34)(H,26,33)(H,27,35)(H,29,30)(H,31,32). The molecule has 0 aliphatic heterocycles. The summed E-state index contributed by atoms with van der Waals surface area (Å²) in [5.74, 6) is -5.09. The predicted molar refractivity (Wildman–Crippen MR) is 119 cm³/mol. The molecule has 9 N–H and O–H groups in total. The lowest BCUT2D eigenvalue weighted by Crippen LogP contribution is -2.57. The highest BCUT2D eigenvalue weighted by Gasteiger charge is 2.29. The summed E-state index contributed by atoms with van der Waals surface area (Å²) >= 11 is 0. The van der Waals surface area contributed by atoms with Crippen molar-refractivity contribution in [3.05, 3.63) is 48.0 Å². The second kappa shape index (κ2) is 12.7. The molecule has 188 valence electrons. The highest BCUT2D eigenvalue weighted by molar-refractivity contribution is 5.94. The molecule has 1 aromatic carbocycles. The number of amides is 3. The zero-order valence-electron chi connectivity index (χ0n) is 18.4. The van der Waals surface area contributed by atoms with E-state index in [0.717, 1.165) is 0 Å². The van der Waals surface area contributed by atoms with Gasteiger partial charge in [0.2, 0.25) is 17.7 Å². The SMILES string of the molecule is NC(CC(=O)O)C(=O)NC(Cc1ccc(O)cc1)C(=O)NC(Cc1cnc[nH]1)C(=O)NCC(=O)O. The van der Waals surface area contributed by atoms with E-state index in [1.807, 2.05) is 0 Å². The van der Waals surface area contributed by atoms with Crippen LogP contribution in [0, 0.1) is 0 Å². The molecule has 0 saturated carbocycles. The molecule has 1 heterocycles. The molecule has 14 nitrogen and oxygen atoms in total. The number of nitrogens with two attached hydrogens (primary N) is 1. The van der Waals surface area contributed by atoms with Crippen LogP contribution in [0.4, 0.5) is 0 Å². The van der Waals surface area contributed by atoms with Gasteiger partial charge < -0.3 is 42.0 Å². The van der Waals surface area contributed by atoms with Crippen molar-refractivity contribution >= 4 is 29.7 Å². The quantitative estimate of drug-likeness (QED) is 0.152. The lowest BCUT2D eigenvalue weighted by Gasteiger charge is -2.24. The number of H-pyrrole nitrogens is 1. The number of aliphatic carboxylic acids is 2. The van der Waals surface area contributed by atoms with E-state index >= 15 is 0 Å². The number of imidazole rings is 1. The molecule has 0 fully saturated rings. The minimum absolute atomic E-state index is 0.0167. The van der Waals surface area contributed by atoms with E-state index < -0.39 is 60.8 Å². The van der Waals surface area contributed by atoms with Gasteiger partial charge in [0, 0.05) is 24.7 Å². The van der Waals surface area contributed by atoms with E-state index in [0.29, 0.717) is 11.3 Å². The van der Waals surface area contributed by atoms with E-state index in [9.17, 15) is 29.1 Å². The van der Waals surface area contributed by atoms with Gasteiger partial charge in [0.1, 0.15) is 24.4 Å². The van der Waals surface area contributed by atoms with E-state index in [1.165, 1.54) is 36.8 Å². The summed E-state index contributed by atoms with van der Waals surface area (Å²) < 4.78 is 0. The number of hydrogen-bond acceptors (Lipinski definition) is 8. The molecule has 0 saturated heterocycles. The summed E-state index contributed by atoms with van der Waals surface area (Å²) in [6.45, 7) is -0.675. The van der Waals surface area contributed by atoms with Crippen molar-refractivity contribution in [1.82, 2.24) is 25.9 Å². The minimum atomic E-state index is -1.43. The first-order chi connectivity index (χ1) is 16.5. The first-order valence-electron chi connectivity index (χ1n) is 10.4. The summed E-state index contributed by atoms with van der Waals surface area (Å²) in [6, 6.07) is 1.85. The molecular weight excluding hydrogens is 464 g/mol. The highest BCUT2D eigenvalue weighted by atomic mass is 16.4. The Morgan fingerprint density at radius 2 is 1.54 bits per heavy atom. The third kappa shape index (κ3) is 9.13. The molecule has 2 aromatic rings. The molecular formula is C21H26N6O8. The molecule has 14 heteroatoms. The van der Waals surface area contributed by atoms with Gasteiger partial charge in [-0.1, -0.05) is 12.1 Å². The topological polar surface area (TPSA) is 237 Å². The molecule has 0 bridgehead atoms. The Kier molecular flexibility index (Phi) is 9.71. The number of hydrogen-bond donors (Lipinski definition) is 8. The zero-order chi connectivity index (χ0) is 26.0. The monoisotopic (exact) mass is 490 g/mol. The van der Waals surface area contributed by atoms with Crippen molar-refractivity contribution in [3.63, 3.8) is 0 Å². The lowest BCUT2D eigenvalue weighted by molar-refractivity contribution is -0.139. The molecule has 0 radical (unpaired) electrons. The minimum Gasteiger partial charge on any atom is -0.508 e. The van der Waals surface area contributed by atoms with Gasteiger partial charge in [0.05, 0.1) is 18.8 Å². The Hall–Kier alpha value is -4.46. The number of aromatic nitrogens is 2. The zero-order valence-corrected chi connectivity index (χ0v) is 18.4. The Morgan fingerprint density at radius 3 is 2.11 bits per heavy atom. The molecule has 0 spiro atoms. The first-order valence-corrected chi connectivity index (χ1v) is 10.4. The number of phenols is 1. The average Bonchev–Trinajstić information content (AvgIpc) is 3.30. The number of aromatic hydroxyl groups is 1. The number of nitrogens with zero attached hydrogens (tertiary/aromatic N) is 1. The Morgan fingerprint density at radius 1 is 0.914 bits per heavy atom. The molecule has 0 aliphatic rings. The number of nitrogens with one attached hydrogen (secondary N) is 4. The van der Waals surface area contributed by atoms with Crippen LogP contribution < -0.4 is 21.7 Å². The number of carboxylic acids is 2. The van der Waals surface area contributed by atoms with Crippen molar-refractivity contribution in [3.8, 4) is 5.75 Å². The van der Waals surface area contributed by atoms with Crippen LogP contribution in [0.15, 0.2) is 36.8 Å². The molecule has 35 heavy (non-hydrogen) atoms. The number of rotatable bonds is 13. The van der Waals surface area contributed by atoms with Gasteiger partial charge in [0.25, 0.3) is 0 Å². The Labute approximate surface area is 198 Å². The molecule has 1 aromatic heterocycles. The number of carbonyl (C=O) groups is 5. The van der Waals surface area contributed by atoms with Crippen LogP contribution in [-0.4, -0.2) is 79.6 Å². The van der Waals surface area contributed by atoms with Crippen LogP contribution in [-0.2, 0) is 36.8 Å². The maximum absolute atomic E-state index is 13.1. The summed E-state index contributed by atoms with van der Waals surface area (Å²) in [5, 5.41) is 34.2. The van der Waals surface area contributed by atoms with Crippen LogP contribution in [0.5, 0.6) is 5.75 Å². The van der Waals surface area contributed by atoms with Gasteiger partial charge >= 0.3 is 11.9 Å². The van der Waals surface area contributed by atoms with Crippen molar-refractivity contribution in [1.29, 1.82) is 0 Å². The van der Waals surface area contributed by atoms with Crippen molar-refractivity contribution < 1.29 is 39.3 Å². The van der Waals surface area contributed by atoms with E-state index in [1.54, 1.807) is 0 Å². The fourth-order valence-electron chi connectivity index (χ4n) is 3.02. The van der Waals surface area contributed by atoms with Gasteiger partial charge in [-0.3, -0.25) is 24.0 Å². The van der Waals surface area contributed by atoms with Gasteiger partial charge in [-0.25, -0.2) is 4.98 Å². The lowest BCUT2D eigenvalue weighted by atomic mass is 10.0. The van der Waals surface area contributed by atoms with Crippen LogP contribution >= 0.6 is 0 Å². The number of phenolic OH excluding ortho intramolecular Hbond substituents is 1. The third-order valence-corrected chi connectivity index (χ3v) is 4.77. The smallest absolute Gasteiger partial charge is 0.322 e. The van der Waals surface area contributed by atoms with Gasteiger partial charge in [0.15, 0.2) is 0 Å². The summed E-state index contributed by atoms with van der Waals surface area (Å²) in [5.41, 5.74) is 6.61. The fraction of sp³-hybridized carbons (Fsp3) is 0.333. The van der Waals surface area contributed by atoms with Crippen LogP contribution in [0.2, 0.25) is 0 Å². The van der Waals surface area contributed by atoms with Crippen molar-refractivity contribution in [2.24, 2.45) is 5.73 Å². The van der Waals surface area contributed by atoms with Crippen LogP contribution in [0.25, 0.3) is 0 Å². The maximum atomic E-state index is 13.1. The molecule has 3 atom stereocenters. The first kappa shape index (κ1) is 26.8. The van der Waals surface area contributed by atoms with Crippen molar-refractivity contribution in [2.45, 2.75) is 37.4 Å². The van der Waals surface area contributed by atoms with Gasteiger partial charge in [-0.15, -0.1) is 0 Å². The average molecular weight is 490 g/mol. The Bertz CT molecular complexity index is 1040. The summed E-state index contributed by atoms with van der Waals surface area (Å²) in [7, 11) is 0. The van der Waals surface area contributed by atoms with Crippen LogP contribution in [0.1, 0.15) is 17.7 Å². The highest BCUT2D eigenvalue weighted by Crippen LogP contribution is 2.12. The summed E-state index contributed by atoms with van der Waals surface area (Å²) in [6.07, 6.45) is 1.98. The third-order valence-electron chi connectivity index (χ3n) is 4.77. The predicted octanol–water partition coefficient (Wildman–Crippen LogP) is -2.13. The van der Waals surface area contributed by atoms with E-state index in [2.05, 4.69) is 25.9 Å². The number of carbonyl (C=O) groups excluding carboxylic acids is 3. The largest absolute Gasteiger partial charge is 0.508 e. The molecule has 2 rings (SSSR count). The Balaban J connectivity index is 2.22. The maximum Gasteiger partial charge on any atom is 0.322 e. The van der Waals surface area contributed by atoms with Gasteiger partial charge in [-0.2, -0.15) is 0 Å². The normalized spacial score (nSPS) is 13.2. The number of aromatic amines is 1.